The normalized spacial score (nSPS) is 27.0. The van der Waals surface area contributed by atoms with Crippen LogP contribution in [-0.4, -0.2) is 83.3 Å². The minimum absolute atomic E-state index is 0. The van der Waals surface area contributed by atoms with Crippen LogP contribution in [0.4, 0.5) is 0 Å². The lowest BCUT2D eigenvalue weighted by molar-refractivity contribution is -0.146. The predicted molar refractivity (Wildman–Crippen MR) is 117 cm³/mol. The zero-order valence-electron chi connectivity index (χ0n) is 17.5. The van der Waals surface area contributed by atoms with Gasteiger partial charge in [0.2, 0.25) is 11.8 Å². The van der Waals surface area contributed by atoms with Crippen LogP contribution in [0.25, 0.3) is 0 Å². The molecule has 0 saturated carbocycles. The summed E-state index contributed by atoms with van der Waals surface area (Å²) in [4.78, 5) is 44.6. The fourth-order valence-corrected chi connectivity index (χ4v) is 4.99. The monoisotopic (exact) mass is 434 g/mol. The molecule has 1 aromatic carbocycles. The van der Waals surface area contributed by atoms with E-state index in [1.165, 1.54) is 0 Å². The lowest BCUT2D eigenvalue weighted by Gasteiger charge is -2.44. The minimum atomic E-state index is -0.817. The van der Waals surface area contributed by atoms with Crippen LogP contribution in [0.15, 0.2) is 30.3 Å². The molecule has 30 heavy (non-hydrogen) atoms. The number of halogens is 1. The second-order valence-corrected chi connectivity index (χ2v) is 8.51. The molecule has 164 valence electrons. The van der Waals surface area contributed by atoms with Gasteiger partial charge in [-0.3, -0.25) is 14.4 Å². The van der Waals surface area contributed by atoms with Crippen molar-refractivity contribution in [3.63, 3.8) is 0 Å². The summed E-state index contributed by atoms with van der Waals surface area (Å²) in [5.74, 6) is 0.0554. The van der Waals surface area contributed by atoms with Gasteiger partial charge in [0.05, 0.1) is 6.54 Å². The number of likely N-dealkylation sites (tertiary alicyclic amines) is 2. The number of piperazine rings is 1. The van der Waals surface area contributed by atoms with Crippen LogP contribution in [0.5, 0.6) is 0 Å². The van der Waals surface area contributed by atoms with Gasteiger partial charge in [0, 0.05) is 44.3 Å². The molecule has 1 aromatic rings. The van der Waals surface area contributed by atoms with Gasteiger partial charge in [-0.15, -0.1) is 12.4 Å². The summed E-state index contributed by atoms with van der Waals surface area (Å²) in [5, 5.41) is 3.11. The molecule has 3 heterocycles. The Morgan fingerprint density at radius 2 is 1.87 bits per heavy atom. The molecule has 8 heteroatoms. The first-order chi connectivity index (χ1) is 14.0. The Kier molecular flexibility index (Phi) is 7.03. The second kappa shape index (κ2) is 9.35. The fraction of sp³-hybridized carbons (Fsp3) is 0.591. The van der Waals surface area contributed by atoms with Crippen LogP contribution in [-0.2, 0) is 9.59 Å². The largest absolute Gasteiger partial charge is 0.339 e. The van der Waals surface area contributed by atoms with E-state index < -0.39 is 5.54 Å². The summed E-state index contributed by atoms with van der Waals surface area (Å²) in [6, 6.07) is 9.27. The molecule has 0 spiro atoms. The number of carbonyl (C=O) groups excluding carboxylic acids is 3. The highest BCUT2D eigenvalue weighted by Gasteiger charge is 2.48. The molecule has 0 radical (unpaired) electrons. The van der Waals surface area contributed by atoms with Gasteiger partial charge in [-0.1, -0.05) is 18.2 Å². The van der Waals surface area contributed by atoms with Gasteiger partial charge in [-0.2, -0.15) is 0 Å². The molecule has 0 bridgehead atoms. The van der Waals surface area contributed by atoms with Crippen molar-refractivity contribution in [3.8, 4) is 0 Å². The SMILES string of the molecule is CC1(C(=O)N2CCCC(N3CCNCC3=O)C2)CCCN1C(=O)c1ccccc1.Cl. The molecule has 3 aliphatic rings. The highest BCUT2D eigenvalue weighted by molar-refractivity contribution is 5.99. The predicted octanol–water partition coefficient (Wildman–Crippen LogP) is 1.53. The molecule has 3 fully saturated rings. The van der Waals surface area contributed by atoms with Crippen molar-refractivity contribution in [3.05, 3.63) is 35.9 Å². The molecule has 1 N–H and O–H groups in total. The van der Waals surface area contributed by atoms with E-state index in [-0.39, 0.29) is 36.2 Å². The summed E-state index contributed by atoms with van der Waals surface area (Å²) in [5.41, 5.74) is -0.196. The van der Waals surface area contributed by atoms with E-state index in [4.69, 9.17) is 0 Å². The van der Waals surface area contributed by atoms with Gasteiger partial charge in [-0.25, -0.2) is 0 Å². The van der Waals surface area contributed by atoms with Crippen molar-refractivity contribution in [1.82, 2.24) is 20.0 Å². The number of hydrogen-bond donors (Lipinski definition) is 1. The van der Waals surface area contributed by atoms with Gasteiger partial charge < -0.3 is 20.0 Å². The van der Waals surface area contributed by atoms with Crippen molar-refractivity contribution < 1.29 is 14.4 Å². The zero-order valence-corrected chi connectivity index (χ0v) is 18.3. The fourth-order valence-electron chi connectivity index (χ4n) is 4.99. The summed E-state index contributed by atoms with van der Waals surface area (Å²) < 4.78 is 0. The van der Waals surface area contributed by atoms with Crippen molar-refractivity contribution >= 4 is 30.1 Å². The molecule has 4 rings (SSSR count). The number of hydrogen-bond acceptors (Lipinski definition) is 4. The highest BCUT2D eigenvalue weighted by atomic mass is 35.5. The Hall–Kier alpha value is -2.12. The van der Waals surface area contributed by atoms with Crippen LogP contribution in [0.1, 0.15) is 43.0 Å². The van der Waals surface area contributed by atoms with Crippen LogP contribution in [0.2, 0.25) is 0 Å². The second-order valence-electron chi connectivity index (χ2n) is 8.51. The Balaban J connectivity index is 0.00000256. The number of nitrogens with zero attached hydrogens (tertiary/aromatic N) is 3. The first-order valence-electron chi connectivity index (χ1n) is 10.7. The zero-order chi connectivity index (χ0) is 20.4. The molecule has 3 aliphatic heterocycles. The molecule has 0 aromatic heterocycles. The van der Waals surface area contributed by atoms with E-state index >= 15 is 0 Å². The van der Waals surface area contributed by atoms with E-state index in [0.717, 1.165) is 25.8 Å². The van der Waals surface area contributed by atoms with Crippen LogP contribution >= 0.6 is 12.4 Å². The lowest BCUT2D eigenvalue weighted by atomic mass is 9.93. The third-order valence-electron chi connectivity index (χ3n) is 6.62. The Morgan fingerprint density at radius 1 is 1.10 bits per heavy atom. The maximum Gasteiger partial charge on any atom is 0.254 e. The van der Waals surface area contributed by atoms with Crippen LogP contribution in [0.3, 0.4) is 0 Å². The number of benzene rings is 1. The van der Waals surface area contributed by atoms with Gasteiger partial charge in [0.25, 0.3) is 5.91 Å². The Morgan fingerprint density at radius 3 is 2.60 bits per heavy atom. The number of amides is 3. The van der Waals surface area contributed by atoms with Gasteiger partial charge >= 0.3 is 0 Å². The molecule has 2 unspecified atom stereocenters. The summed E-state index contributed by atoms with van der Waals surface area (Å²) in [7, 11) is 0. The van der Waals surface area contributed by atoms with Gasteiger partial charge in [0.1, 0.15) is 5.54 Å². The van der Waals surface area contributed by atoms with Crippen molar-refractivity contribution in [2.45, 2.75) is 44.2 Å². The average molecular weight is 435 g/mol. The maximum atomic E-state index is 13.6. The van der Waals surface area contributed by atoms with E-state index in [2.05, 4.69) is 5.32 Å². The molecular weight excluding hydrogens is 404 g/mol. The van der Waals surface area contributed by atoms with Gasteiger partial charge in [-0.05, 0) is 44.7 Å². The third kappa shape index (κ3) is 4.18. The molecular formula is C22H31ClN4O3. The molecule has 0 aliphatic carbocycles. The first-order valence-corrected chi connectivity index (χ1v) is 10.7. The summed E-state index contributed by atoms with van der Waals surface area (Å²) in [6.45, 7) is 5.63. The molecule has 3 amide bonds. The number of carbonyl (C=O) groups is 3. The first kappa shape index (κ1) is 22.6. The maximum absolute atomic E-state index is 13.6. The van der Waals surface area contributed by atoms with E-state index in [9.17, 15) is 14.4 Å². The van der Waals surface area contributed by atoms with E-state index in [1.807, 2.05) is 34.9 Å². The third-order valence-corrected chi connectivity index (χ3v) is 6.62. The lowest BCUT2D eigenvalue weighted by Crippen LogP contribution is -2.62. The summed E-state index contributed by atoms with van der Waals surface area (Å²) >= 11 is 0. The van der Waals surface area contributed by atoms with Crippen molar-refractivity contribution in [1.29, 1.82) is 0 Å². The quantitative estimate of drug-likeness (QED) is 0.783. The van der Waals surface area contributed by atoms with E-state index in [0.29, 0.717) is 44.7 Å². The topological polar surface area (TPSA) is 73.0 Å². The van der Waals surface area contributed by atoms with E-state index in [1.54, 1.807) is 17.0 Å². The minimum Gasteiger partial charge on any atom is -0.339 e. The Labute approximate surface area is 184 Å². The van der Waals surface area contributed by atoms with Crippen LogP contribution < -0.4 is 5.32 Å². The smallest absolute Gasteiger partial charge is 0.254 e. The highest BCUT2D eigenvalue weighted by Crippen LogP contribution is 2.33. The Bertz CT molecular complexity index is 790. The summed E-state index contributed by atoms with van der Waals surface area (Å²) in [6.07, 6.45) is 3.32. The standard InChI is InChI=1S/C22H30N4O3.ClH/c1-22(10-6-13-26(22)20(28)17-7-3-2-4-8-17)21(29)24-12-5-9-18(16-24)25-14-11-23-15-19(25)27;/h2-4,7-8,18,23H,5-6,9-16H2,1H3;1H. The van der Waals surface area contributed by atoms with Crippen LogP contribution in [0, 0.1) is 0 Å². The average Bonchev–Trinajstić information content (AvgIpc) is 3.16. The number of nitrogens with one attached hydrogen (secondary N) is 1. The molecule has 7 nitrogen and oxygen atoms in total. The van der Waals surface area contributed by atoms with Crippen molar-refractivity contribution in [2.75, 3.05) is 39.3 Å². The van der Waals surface area contributed by atoms with Crippen molar-refractivity contribution in [2.24, 2.45) is 0 Å². The number of rotatable bonds is 3. The number of piperidine rings is 1. The van der Waals surface area contributed by atoms with Gasteiger partial charge in [0.15, 0.2) is 0 Å². The molecule has 2 atom stereocenters. The molecule has 3 saturated heterocycles.